The molecule has 0 saturated heterocycles. The molecule has 0 bridgehead atoms. The minimum absolute atomic E-state index is 0.304. The van der Waals surface area contributed by atoms with E-state index in [0.717, 1.165) is 11.8 Å². The Labute approximate surface area is 161 Å². The van der Waals surface area contributed by atoms with Gasteiger partial charge in [0.25, 0.3) is 0 Å². The fourth-order valence-corrected chi connectivity index (χ4v) is 3.79. The lowest BCUT2D eigenvalue weighted by atomic mass is 10.1. The topological polar surface area (TPSA) is 90.0 Å². The quantitative estimate of drug-likeness (QED) is 0.515. The van der Waals surface area contributed by atoms with Crippen molar-refractivity contribution in [1.29, 1.82) is 0 Å². The van der Waals surface area contributed by atoms with Crippen LogP contribution >= 0.6 is 0 Å². The summed E-state index contributed by atoms with van der Waals surface area (Å²) in [6, 6.07) is 9.84. The summed E-state index contributed by atoms with van der Waals surface area (Å²) in [6.45, 7) is -0.534. The van der Waals surface area contributed by atoms with Crippen LogP contribution in [0.3, 0.4) is 0 Å². The van der Waals surface area contributed by atoms with Gasteiger partial charge in [-0.05, 0) is 54.4 Å². The molecule has 1 aliphatic heterocycles. The molecule has 1 heterocycles. The van der Waals surface area contributed by atoms with Crippen LogP contribution in [0.5, 0.6) is 5.75 Å². The van der Waals surface area contributed by atoms with E-state index in [0.29, 0.717) is 30.0 Å². The molecule has 148 valence electrons. The fraction of sp³-hybridized carbons (Fsp3) is 0.263. The second-order valence-electron chi connectivity index (χ2n) is 6.26. The van der Waals surface area contributed by atoms with Crippen molar-refractivity contribution in [3.8, 4) is 5.75 Å². The van der Waals surface area contributed by atoms with E-state index in [1.165, 1.54) is 34.6 Å². The molecule has 0 aromatic heterocycles. The van der Waals surface area contributed by atoms with Gasteiger partial charge in [0.1, 0.15) is 11.6 Å². The molecule has 28 heavy (non-hydrogen) atoms. The highest BCUT2D eigenvalue weighted by Gasteiger charge is 2.26. The second-order valence-corrected chi connectivity index (χ2v) is 8.16. The summed E-state index contributed by atoms with van der Waals surface area (Å²) in [6.07, 6.45) is 1.64. The van der Waals surface area contributed by atoms with Crippen molar-refractivity contribution in [2.24, 2.45) is 0 Å². The van der Waals surface area contributed by atoms with Crippen molar-refractivity contribution in [2.45, 2.75) is 6.42 Å². The van der Waals surface area contributed by atoms with Crippen LogP contribution in [-0.4, -0.2) is 46.2 Å². The van der Waals surface area contributed by atoms with Crippen LogP contribution in [0.2, 0.25) is 0 Å². The van der Waals surface area contributed by atoms with Gasteiger partial charge in [-0.3, -0.25) is 9.10 Å². The summed E-state index contributed by atoms with van der Waals surface area (Å²) in [5.74, 6) is -1.26. The highest BCUT2D eigenvalue weighted by Crippen LogP contribution is 2.30. The monoisotopic (exact) mass is 407 g/mol. The van der Waals surface area contributed by atoms with Gasteiger partial charge in [-0.1, -0.05) is 0 Å². The SMILES string of the molecule is CS(=O)(=O)N1CCc2cc(C(=O)COC(=O)COc3ccc(F)cc3)ccc21. The minimum Gasteiger partial charge on any atom is -0.482 e. The molecule has 2 aromatic rings. The molecule has 9 heteroatoms. The largest absolute Gasteiger partial charge is 0.482 e. The van der Waals surface area contributed by atoms with Crippen LogP contribution in [-0.2, 0) is 26.0 Å². The number of ketones is 1. The Morgan fingerprint density at radius 2 is 1.82 bits per heavy atom. The summed E-state index contributed by atoms with van der Waals surface area (Å²) in [5.41, 5.74) is 1.65. The van der Waals surface area contributed by atoms with Crippen molar-refractivity contribution in [3.05, 3.63) is 59.4 Å². The molecule has 0 unspecified atom stereocenters. The van der Waals surface area contributed by atoms with Gasteiger partial charge in [0.15, 0.2) is 19.0 Å². The first-order valence-electron chi connectivity index (χ1n) is 8.42. The molecule has 0 atom stereocenters. The van der Waals surface area contributed by atoms with Crippen LogP contribution in [0.1, 0.15) is 15.9 Å². The zero-order valence-electron chi connectivity index (χ0n) is 15.1. The summed E-state index contributed by atoms with van der Waals surface area (Å²) in [4.78, 5) is 24.0. The Morgan fingerprint density at radius 3 is 2.50 bits per heavy atom. The van der Waals surface area contributed by atoms with E-state index < -0.39 is 40.8 Å². The molecule has 1 aliphatic rings. The number of hydrogen-bond acceptors (Lipinski definition) is 6. The Kier molecular flexibility index (Phi) is 5.64. The molecule has 0 fully saturated rings. The first-order valence-corrected chi connectivity index (χ1v) is 10.3. The molecule has 3 rings (SSSR count). The van der Waals surface area contributed by atoms with E-state index in [-0.39, 0.29) is 0 Å². The van der Waals surface area contributed by atoms with Gasteiger partial charge in [-0.15, -0.1) is 0 Å². The Morgan fingerprint density at radius 1 is 1.11 bits per heavy atom. The molecule has 0 saturated carbocycles. The molecule has 7 nitrogen and oxygen atoms in total. The number of Topliss-reactive ketones (excluding diaryl/α,β-unsaturated/α-hetero) is 1. The molecule has 0 spiro atoms. The number of hydrogen-bond donors (Lipinski definition) is 0. The van der Waals surface area contributed by atoms with E-state index in [1.807, 2.05) is 0 Å². The number of sulfonamides is 1. The van der Waals surface area contributed by atoms with E-state index in [9.17, 15) is 22.4 Å². The average Bonchev–Trinajstić information content (AvgIpc) is 3.09. The molecular weight excluding hydrogens is 389 g/mol. The number of esters is 1. The third kappa shape index (κ3) is 4.66. The van der Waals surface area contributed by atoms with E-state index in [1.54, 1.807) is 12.1 Å². The molecule has 0 N–H and O–H groups in total. The van der Waals surface area contributed by atoms with Gasteiger partial charge in [0, 0.05) is 12.1 Å². The number of carbonyl (C=O) groups excluding carboxylic acids is 2. The van der Waals surface area contributed by atoms with Crippen molar-refractivity contribution >= 4 is 27.5 Å². The third-order valence-corrected chi connectivity index (χ3v) is 5.37. The molecule has 0 amide bonds. The molecule has 0 radical (unpaired) electrons. The van der Waals surface area contributed by atoms with Gasteiger partial charge >= 0.3 is 5.97 Å². The summed E-state index contributed by atoms with van der Waals surface area (Å²) in [5, 5.41) is 0. The van der Waals surface area contributed by atoms with Crippen LogP contribution in [0, 0.1) is 5.82 Å². The number of carbonyl (C=O) groups is 2. The lowest BCUT2D eigenvalue weighted by molar-refractivity contribution is -0.144. The second kappa shape index (κ2) is 7.97. The van der Waals surface area contributed by atoms with Crippen molar-refractivity contribution in [3.63, 3.8) is 0 Å². The van der Waals surface area contributed by atoms with E-state index >= 15 is 0 Å². The zero-order chi connectivity index (χ0) is 20.3. The number of benzene rings is 2. The maximum Gasteiger partial charge on any atom is 0.344 e. The Balaban J connectivity index is 1.54. The van der Waals surface area contributed by atoms with Crippen molar-refractivity contribution in [1.82, 2.24) is 0 Å². The zero-order valence-corrected chi connectivity index (χ0v) is 15.9. The fourth-order valence-electron chi connectivity index (χ4n) is 2.83. The van der Waals surface area contributed by atoms with Crippen LogP contribution < -0.4 is 9.04 Å². The number of rotatable bonds is 7. The van der Waals surface area contributed by atoms with Gasteiger partial charge in [-0.25, -0.2) is 17.6 Å². The first-order chi connectivity index (χ1) is 13.2. The lowest BCUT2D eigenvalue weighted by Gasteiger charge is -2.16. The predicted octanol–water partition coefficient (Wildman–Crippen LogP) is 1.95. The Bertz CT molecular complexity index is 1000. The summed E-state index contributed by atoms with van der Waals surface area (Å²) >= 11 is 0. The lowest BCUT2D eigenvalue weighted by Crippen LogP contribution is -2.27. The number of nitrogens with zero attached hydrogens (tertiary/aromatic N) is 1. The number of fused-ring (bicyclic) bond motifs is 1. The Hall–Kier alpha value is -2.94. The number of halogens is 1. The third-order valence-electron chi connectivity index (χ3n) is 4.19. The van der Waals surface area contributed by atoms with E-state index in [2.05, 4.69) is 0 Å². The molecule has 0 aliphatic carbocycles. The minimum atomic E-state index is -3.36. The average molecular weight is 407 g/mol. The normalized spacial score (nSPS) is 13.1. The molecule has 2 aromatic carbocycles. The van der Waals surface area contributed by atoms with Gasteiger partial charge in [-0.2, -0.15) is 0 Å². The van der Waals surface area contributed by atoms with Crippen LogP contribution in [0.4, 0.5) is 10.1 Å². The highest BCUT2D eigenvalue weighted by molar-refractivity contribution is 7.92. The van der Waals surface area contributed by atoms with Gasteiger partial charge in [0.2, 0.25) is 10.0 Å². The number of ether oxygens (including phenoxy) is 2. The predicted molar refractivity (Wildman–Crippen MR) is 99.5 cm³/mol. The van der Waals surface area contributed by atoms with Gasteiger partial charge in [0.05, 0.1) is 11.9 Å². The van der Waals surface area contributed by atoms with Crippen LogP contribution in [0.25, 0.3) is 0 Å². The van der Waals surface area contributed by atoms with Crippen molar-refractivity contribution < 1.29 is 31.9 Å². The smallest absolute Gasteiger partial charge is 0.344 e. The number of anilines is 1. The van der Waals surface area contributed by atoms with Gasteiger partial charge < -0.3 is 9.47 Å². The van der Waals surface area contributed by atoms with Crippen molar-refractivity contribution in [2.75, 3.05) is 30.3 Å². The standard InChI is InChI=1S/C19H18FNO6S/c1-28(24,25)21-9-8-13-10-14(2-7-17(13)21)18(22)11-27-19(23)12-26-16-5-3-15(20)4-6-16/h2-7,10H,8-9,11-12H2,1H3. The van der Waals surface area contributed by atoms with Crippen LogP contribution in [0.15, 0.2) is 42.5 Å². The van der Waals surface area contributed by atoms with E-state index in [4.69, 9.17) is 9.47 Å². The highest BCUT2D eigenvalue weighted by atomic mass is 32.2. The maximum absolute atomic E-state index is 12.8. The summed E-state index contributed by atoms with van der Waals surface area (Å²) < 4.78 is 47.6. The first kappa shape index (κ1) is 19.8. The molecular formula is C19H18FNO6S. The maximum atomic E-state index is 12.8. The summed E-state index contributed by atoms with van der Waals surface area (Å²) in [7, 11) is -3.36.